The maximum absolute atomic E-state index is 12.4. The Hall–Kier alpha value is -2.38. The van der Waals surface area contributed by atoms with E-state index in [1.807, 2.05) is 0 Å². The number of rotatable bonds is 3. The summed E-state index contributed by atoms with van der Waals surface area (Å²) < 4.78 is 41.9. The number of carbonyl (C=O) groups is 1. The minimum atomic E-state index is -4.46. The first-order valence-corrected chi connectivity index (χ1v) is 5.70. The minimum absolute atomic E-state index is 0.0197. The van der Waals surface area contributed by atoms with Crippen LogP contribution in [0, 0.1) is 0 Å². The SMILES string of the molecule is CCc1oncc1C(=O)Nc1ccc(C(F)(F)F)cn1. The first-order chi connectivity index (χ1) is 9.41. The molecule has 0 aromatic carbocycles. The summed E-state index contributed by atoms with van der Waals surface area (Å²) in [6.07, 6.45) is -2.08. The van der Waals surface area contributed by atoms with Crippen molar-refractivity contribution in [3.63, 3.8) is 0 Å². The normalized spacial score (nSPS) is 11.4. The van der Waals surface area contributed by atoms with Gasteiger partial charge in [0.15, 0.2) is 0 Å². The Morgan fingerprint density at radius 1 is 1.35 bits per heavy atom. The molecule has 0 aliphatic rings. The van der Waals surface area contributed by atoms with Gasteiger partial charge in [0.05, 0.1) is 11.8 Å². The number of amides is 1. The van der Waals surface area contributed by atoms with Gasteiger partial charge in [0.1, 0.15) is 17.1 Å². The molecule has 0 radical (unpaired) electrons. The predicted molar refractivity (Wildman–Crippen MR) is 63.1 cm³/mol. The van der Waals surface area contributed by atoms with Crippen molar-refractivity contribution in [3.05, 3.63) is 41.4 Å². The van der Waals surface area contributed by atoms with E-state index >= 15 is 0 Å². The highest BCUT2D eigenvalue weighted by atomic mass is 19.4. The van der Waals surface area contributed by atoms with Gasteiger partial charge >= 0.3 is 6.18 Å². The summed E-state index contributed by atoms with van der Waals surface area (Å²) in [5, 5.41) is 5.88. The van der Waals surface area contributed by atoms with Gasteiger partial charge in [0, 0.05) is 12.6 Å². The number of hydrogen-bond acceptors (Lipinski definition) is 4. The van der Waals surface area contributed by atoms with Crippen molar-refractivity contribution in [2.75, 3.05) is 5.32 Å². The number of carbonyl (C=O) groups excluding carboxylic acids is 1. The zero-order chi connectivity index (χ0) is 14.8. The lowest BCUT2D eigenvalue weighted by Gasteiger charge is -2.07. The quantitative estimate of drug-likeness (QED) is 0.941. The Labute approximate surface area is 111 Å². The monoisotopic (exact) mass is 285 g/mol. The zero-order valence-electron chi connectivity index (χ0n) is 10.4. The second-order valence-corrected chi connectivity index (χ2v) is 3.90. The fourth-order valence-electron chi connectivity index (χ4n) is 1.52. The van der Waals surface area contributed by atoms with Gasteiger partial charge in [-0.2, -0.15) is 13.2 Å². The molecule has 2 heterocycles. The fraction of sp³-hybridized carbons (Fsp3) is 0.250. The highest BCUT2D eigenvalue weighted by Gasteiger charge is 2.30. The molecule has 106 valence electrons. The Bertz CT molecular complexity index is 605. The first-order valence-electron chi connectivity index (χ1n) is 5.70. The van der Waals surface area contributed by atoms with Crippen molar-refractivity contribution in [2.24, 2.45) is 0 Å². The summed E-state index contributed by atoms with van der Waals surface area (Å²) in [6.45, 7) is 1.79. The molecule has 5 nitrogen and oxygen atoms in total. The second-order valence-electron chi connectivity index (χ2n) is 3.90. The molecule has 0 atom stereocenters. The molecule has 0 unspecified atom stereocenters. The van der Waals surface area contributed by atoms with Gasteiger partial charge < -0.3 is 9.84 Å². The second kappa shape index (κ2) is 5.32. The fourth-order valence-corrected chi connectivity index (χ4v) is 1.52. The van der Waals surface area contributed by atoms with E-state index in [9.17, 15) is 18.0 Å². The number of aromatic nitrogens is 2. The van der Waals surface area contributed by atoms with Gasteiger partial charge in [-0.05, 0) is 12.1 Å². The van der Waals surface area contributed by atoms with Crippen molar-refractivity contribution in [2.45, 2.75) is 19.5 Å². The largest absolute Gasteiger partial charge is 0.417 e. The van der Waals surface area contributed by atoms with Crippen LogP contribution in [0.5, 0.6) is 0 Å². The smallest absolute Gasteiger partial charge is 0.361 e. The van der Waals surface area contributed by atoms with Crippen molar-refractivity contribution < 1.29 is 22.5 Å². The average molecular weight is 285 g/mol. The van der Waals surface area contributed by atoms with Gasteiger partial charge in [0.2, 0.25) is 0 Å². The Balaban J connectivity index is 2.13. The standard InChI is InChI=1S/C12H10F3N3O2/c1-2-9-8(6-17-20-9)11(19)18-10-4-3-7(5-16-10)12(13,14)15/h3-6H,2H2,1H3,(H,16,18,19). The lowest BCUT2D eigenvalue weighted by atomic mass is 10.2. The van der Waals surface area contributed by atoms with Crippen LogP contribution < -0.4 is 5.32 Å². The van der Waals surface area contributed by atoms with Crippen LogP contribution in [-0.2, 0) is 12.6 Å². The summed E-state index contributed by atoms with van der Waals surface area (Å²) in [6, 6.07) is 1.93. The molecule has 0 saturated carbocycles. The first kappa shape index (κ1) is 14.0. The van der Waals surface area contributed by atoms with Gasteiger partial charge in [-0.1, -0.05) is 12.1 Å². The number of hydrogen-bond donors (Lipinski definition) is 1. The predicted octanol–water partition coefficient (Wildman–Crippen LogP) is 2.90. The van der Waals surface area contributed by atoms with E-state index in [-0.39, 0.29) is 11.4 Å². The van der Waals surface area contributed by atoms with E-state index in [0.717, 1.165) is 12.1 Å². The van der Waals surface area contributed by atoms with Crippen molar-refractivity contribution >= 4 is 11.7 Å². The lowest BCUT2D eigenvalue weighted by molar-refractivity contribution is -0.137. The molecule has 0 bridgehead atoms. The van der Waals surface area contributed by atoms with Crippen molar-refractivity contribution in [1.29, 1.82) is 0 Å². The molecule has 0 saturated heterocycles. The molecule has 2 aromatic heterocycles. The molecular formula is C12H10F3N3O2. The minimum Gasteiger partial charge on any atom is -0.361 e. The van der Waals surface area contributed by atoms with Gasteiger partial charge in [-0.3, -0.25) is 4.79 Å². The van der Waals surface area contributed by atoms with Crippen LogP contribution in [0.15, 0.2) is 29.0 Å². The van der Waals surface area contributed by atoms with E-state index in [1.54, 1.807) is 6.92 Å². The molecule has 20 heavy (non-hydrogen) atoms. The summed E-state index contributed by atoms with van der Waals surface area (Å²) in [5.74, 6) is -0.115. The van der Waals surface area contributed by atoms with Crippen LogP contribution >= 0.6 is 0 Å². The third-order valence-corrected chi connectivity index (χ3v) is 2.54. The third kappa shape index (κ3) is 2.95. The van der Waals surface area contributed by atoms with Crippen LogP contribution in [0.2, 0.25) is 0 Å². The number of aryl methyl sites for hydroxylation is 1. The summed E-state index contributed by atoms with van der Waals surface area (Å²) in [5.41, 5.74) is -0.649. The number of nitrogens with one attached hydrogen (secondary N) is 1. The molecule has 1 amide bonds. The van der Waals surface area contributed by atoms with Crippen LogP contribution in [0.1, 0.15) is 28.6 Å². The highest BCUT2D eigenvalue weighted by Crippen LogP contribution is 2.28. The maximum atomic E-state index is 12.4. The van der Waals surface area contributed by atoms with E-state index in [4.69, 9.17) is 4.52 Å². The Morgan fingerprint density at radius 2 is 2.10 bits per heavy atom. The van der Waals surface area contributed by atoms with E-state index in [0.29, 0.717) is 18.4 Å². The number of nitrogens with zero attached hydrogens (tertiary/aromatic N) is 2. The van der Waals surface area contributed by atoms with Crippen LogP contribution in [0.25, 0.3) is 0 Å². The number of anilines is 1. The van der Waals surface area contributed by atoms with E-state index in [2.05, 4.69) is 15.5 Å². The molecule has 0 fully saturated rings. The summed E-state index contributed by atoms with van der Waals surface area (Å²) in [7, 11) is 0. The molecule has 2 aromatic rings. The van der Waals surface area contributed by atoms with Crippen LogP contribution in [0.3, 0.4) is 0 Å². The van der Waals surface area contributed by atoms with Gasteiger partial charge in [0.25, 0.3) is 5.91 Å². The van der Waals surface area contributed by atoms with Crippen LogP contribution in [-0.4, -0.2) is 16.0 Å². The maximum Gasteiger partial charge on any atom is 0.417 e. The third-order valence-electron chi connectivity index (χ3n) is 2.54. The molecule has 8 heteroatoms. The highest BCUT2D eigenvalue weighted by molar-refractivity contribution is 6.04. The Kier molecular flexibility index (Phi) is 3.73. The van der Waals surface area contributed by atoms with Crippen molar-refractivity contribution in [3.8, 4) is 0 Å². The summed E-state index contributed by atoms with van der Waals surface area (Å²) in [4.78, 5) is 15.4. The molecule has 2 rings (SSSR count). The van der Waals surface area contributed by atoms with E-state index in [1.165, 1.54) is 6.20 Å². The molecular weight excluding hydrogens is 275 g/mol. The Morgan fingerprint density at radius 3 is 2.65 bits per heavy atom. The van der Waals surface area contributed by atoms with Gasteiger partial charge in [-0.15, -0.1) is 0 Å². The van der Waals surface area contributed by atoms with Crippen molar-refractivity contribution in [1.82, 2.24) is 10.1 Å². The topological polar surface area (TPSA) is 68.0 Å². The number of halogens is 3. The average Bonchev–Trinajstić information content (AvgIpc) is 2.86. The molecule has 0 spiro atoms. The van der Waals surface area contributed by atoms with Gasteiger partial charge in [-0.25, -0.2) is 4.98 Å². The molecule has 1 N–H and O–H groups in total. The summed E-state index contributed by atoms with van der Waals surface area (Å²) >= 11 is 0. The number of pyridine rings is 1. The lowest BCUT2D eigenvalue weighted by Crippen LogP contribution is -2.14. The number of alkyl halides is 3. The van der Waals surface area contributed by atoms with Crippen LogP contribution in [0.4, 0.5) is 19.0 Å². The molecule has 0 aliphatic carbocycles. The zero-order valence-corrected chi connectivity index (χ0v) is 10.4. The van der Waals surface area contributed by atoms with E-state index < -0.39 is 17.6 Å². The molecule has 0 aliphatic heterocycles.